The maximum atomic E-state index is 5.86. The average Bonchev–Trinajstić information content (AvgIpc) is 2.28. The summed E-state index contributed by atoms with van der Waals surface area (Å²) >= 11 is 5.86. The monoisotopic (exact) mass is 235 g/mol. The number of rotatable bonds is 2. The van der Waals surface area contributed by atoms with E-state index < -0.39 is 0 Å². The van der Waals surface area contributed by atoms with Gasteiger partial charge in [0.1, 0.15) is 5.15 Å². The van der Waals surface area contributed by atoms with Crippen LogP contribution in [0.25, 0.3) is 11.4 Å². The summed E-state index contributed by atoms with van der Waals surface area (Å²) in [5, 5.41) is 0.429. The maximum absolute atomic E-state index is 5.86. The molecule has 2 rings (SSSR count). The number of halogens is 1. The first-order valence-electron chi connectivity index (χ1n) is 4.70. The number of pyridine rings is 1. The Hall–Kier alpha value is -1.68. The summed E-state index contributed by atoms with van der Waals surface area (Å²) < 4.78 is 4.97. The predicted octanol–water partition coefficient (Wildman–Crippen LogP) is 2.51. The fourth-order valence-electron chi connectivity index (χ4n) is 1.29. The maximum Gasteiger partial charge on any atom is 0.212 e. The van der Waals surface area contributed by atoms with Crippen LogP contribution in [0.15, 0.2) is 24.4 Å². The van der Waals surface area contributed by atoms with Gasteiger partial charge in [0.25, 0.3) is 0 Å². The van der Waals surface area contributed by atoms with Crippen molar-refractivity contribution in [2.75, 3.05) is 7.11 Å². The second-order valence-corrected chi connectivity index (χ2v) is 3.63. The lowest BCUT2D eigenvalue weighted by molar-refractivity contribution is 0.398. The Morgan fingerprint density at radius 1 is 1.25 bits per heavy atom. The van der Waals surface area contributed by atoms with Gasteiger partial charge >= 0.3 is 0 Å². The molecule has 0 unspecified atom stereocenters. The van der Waals surface area contributed by atoms with Crippen molar-refractivity contribution in [3.8, 4) is 17.3 Å². The molecule has 0 spiro atoms. The van der Waals surface area contributed by atoms with Crippen LogP contribution in [0, 0.1) is 6.92 Å². The van der Waals surface area contributed by atoms with E-state index in [-0.39, 0.29) is 0 Å². The first kappa shape index (κ1) is 10.8. The third-order valence-electron chi connectivity index (χ3n) is 2.03. The zero-order valence-electron chi connectivity index (χ0n) is 8.94. The molecule has 5 heteroatoms. The quantitative estimate of drug-likeness (QED) is 0.751. The molecular formula is C11H10ClN3O. The smallest absolute Gasteiger partial charge is 0.212 e. The van der Waals surface area contributed by atoms with Gasteiger partial charge in [-0.1, -0.05) is 11.6 Å². The SMILES string of the molecule is COc1ccc(-c2nc(C)cc(Cl)n2)cn1. The van der Waals surface area contributed by atoms with Gasteiger partial charge < -0.3 is 4.74 Å². The summed E-state index contributed by atoms with van der Waals surface area (Å²) in [5.41, 5.74) is 1.64. The highest BCUT2D eigenvalue weighted by Gasteiger charge is 2.04. The molecule has 2 heterocycles. The lowest BCUT2D eigenvalue weighted by atomic mass is 10.2. The molecule has 0 bridgehead atoms. The van der Waals surface area contributed by atoms with E-state index in [0.717, 1.165) is 11.3 Å². The fourth-order valence-corrected chi connectivity index (χ4v) is 1.53. The Morgan fingerprint density at radius 2 is 2.06 bits per heavy atom. The van der Waals surface area contributed by atoms with E-state index in [9.17, 15) is 0 Å². The number of hydrogen-bond donors (Lipinski definition) is 0. The normalized spacial score (nSPS) is 10.2. The molecule has 16 heavy (non-hydrogen) atoms. The van der Waals surface area contributed by atoms with Gasteiger partial charge in [0.2, 0.25) is 5.88 Å². The molecule has 0 fully saturated rings. The predicted molar refractivity (Wildman–Crippen MR) is 61.6 cm³/mol. The van der Waals surface area contributed by atoms with Gasteiger partial charge in [0, 0.05) is 23.5 Å². The van der Waals surface area contributed by atoms with E-state index in [1.54, 1.807) is 25.4 Å². The number of ether oxygens (including phenoxy) is 1. The molecule has 0 aliphatic carbocycles. The average molecular weight is 236 g/mol. The topological polar surface area (TPSA) is 47.9 Å². The van der Waals surface area contributed by atoms with Crippen molar-refractivity contribution in [3.05, 3.63) is 35.2 Å². The van der Waals surface area contributed by atoms with Crippen LogP contribution in [0.4, 0.5) is 0 Å². The number of methoxy groups -OCH3 is 1. The van der Waals surface area contributed by atoms with Crippen molar-refractivity contribution >= 4 is 11.6 Å². The van der Waals surface area contributed by atoms with Crippen molar-refractivity contribution in [3.63, 3.8) is 0 Å². The molecule has 0 amide bonds. The van der Waals surface area contributed by atoms with Crippen LogP contribution in [0.3, 0.4) is 0 Å². The molecular weight excluding hydrogens is 226 g/mol. The first-order valence-corrected chi connectivity index (χ1v) is 5.08. The molecule has 82 valence electrons. The molecule has 2 aromatic rings. The minimum Gasteiger partial charge on any atom is -0.481 e. The summed E-state index contributed by atoms with van der Waals surface area (Å²) in [6, 6.07) is 5.31. The fraction of sp³-hybridized carbons (Fsp3) is 0.182. The van der Waals surface area contributed by atoms with E-state index >= 15 is 0 Å². The Labute approximate surface area is 98.3 Å². The van der Waals surface area contributed by atoms with Crippen LogP contribution in [-0.4, -0.2) is 22.1 Å². The minimum atomic E-state index is 0.429. The minimum absolute atomic E-state index is 0.429. The van der Waals surface area contributed by atoms with Crippen LogP contribution in [0.5, 0.6) is 5.88 Å². The number of aromatic nitrogens is 3. The van der Waals surface area contributed by atoms with Crippen LogP contribution in [0.1, 0.15) is 5.69 Å². The second-order valence-electron chi connectivity index (χ2n) is 3.24. The molecule has 4 nitrogen and oxygen atoms in total. The summed E-state index contributed by atoms with van der Waals surface area (Å²) in [7, 11) is 1.57. The van der Waals surface area contributed by atoms with Crippen LogP contribution < -0.4 is 4.74 Å². The second kappa shape index (κ2) is 4.45. The molecule has 0 radical (unpaired) electrons. The van der Waals surface area contributed by atoms with E-state index in [0.29, 0.717) is 16.9 Å². The van der Waals surface area contributed by atoms with E-state index in [1.807, 2.05) is 13.0 Å². The highest BCUT2D eigenvalue weighted by molar-refractivity contribution is 6.29. The van der Waals surface area contributed by atoms with Gasteiger partial charge in [-0.3, -0.25) is 0 Å². The lowest BCUT2D eigenvalue weighted by Crippen LogP contribution is -1.93. The Balaban J connectivity index is 2.42. The van der Waals surface area contributed by atoms with Gasteiger partial charge in [-0.25, -0.2) is 15.0 Å². The number of aryl methyl sites for hydroxylation is 1. The zero-order valence-corrected chi connectivity index (χ0v) is 9.69. The third kappa shape index (κ3) is 2.28. The first-order chi connectivity index (χ1) is 7.69. The van der Waals surface area contributed by atoms with E-state index in [2.05, 4.69) is 15.0 Å². The van der Waals surface area contributed by atoms with Crippen molar-refractivity contribution < 1.29 is 4.74 Å². The Bertz CT molecular complexity index is 479. The van der Waals surface area contributed by atoms with Crippen molar-refractivity contribution in [1.82, 2.24) is 15.0 Å². The van der Waals surface area contributed by atoms with Crippen molar-refractivity contribution in [2.45, 2.75) is 6.92 Å². The van der Waals surface area contributed by atoms with Gasteiger partial charge in [-0.05, 0) is 19.1 Å². The molecule has 2 aromatic heterocycles. The van der Waals surface area contributed by atoms with Gasteiger partial charge in [0.05, 0.1) is 7.11 Å². The molecule has 0 aromatic carbocycles. The highest BCUT2D eigenvalue weighted by Crippen LogP contribution is 2.18. The zero-order chi connectivity index (χ0) is 11.5. The van der Waals surface area contributed by atoms with E-state index in [1.165, 1.54) is 0 Å². The molecule has 0 N–H and O–H groups in total. The van der Waals surface area contributed by atoms with E-state index in [4.69, 9.17) is 16.3 Å². The molecule has 0 atom stereocenters. The standard InChI is InChI=1S/C11H10ClN3O/c1-7-5-9(12)15-11(14-7)8-3-4-10(16-2)13-6-8/h3-6H,1-2H3. The van der Waals surface area contributed by atoms with Crippen molar-refractivity contribution in [1.29, 1.82) is 0 Å². The Kier molecular flexibility index (Phi) is 3.01. The molecule has 0 saturated heterocycles. The number of hydrogen-bond acceptors (Lipinski definition) is 4. The van der Waals surface area contributed by atoms with Crippen LogP contribution in [-0.2, 0) is 0 Å². The lowest BCUT2D eigenvalue weighted by Gasteiger charge is -2.03. The summed E-state index contributed by atoms with van der Waals surface area (Å²) in [5.74, 6) is 1.13. The van der Waals surface area contributed by atoms with Gasteiger partial charge in [0.15, 0.2) is 5.82 Å². The summed E-state index contributed by atoms with van der Waals surface area (Å²) in [6.45, 7) is 1.87. The van der Waals surface area contributed by atoms with Crippen molar-refractivity contribution in [2.24, 2.45) is 0 Å². The molecule has 0 saturated carbocycles. The Morgan fingerprint density at radius 3 is 2.62 bits per heavy atom. The van der Waals surface area contributed by atoms with Gasteiger partial charge in [-0.2, -0.15) is 0 Å². The summed E-state index contributed by atoms with van der Waals surface area (Å²) in [4.78, 5) is 12.5. The van der Waals surface area contributed by atoms with Crippen LogP contribution >= 0.6 is 11.6 Å². The van der Waals surface area contributed by atoms with Crippen LogP contribution in [0.2, 0.25) is 5.15 Å². The largest absolute Gasteiger partial charge is 0.481 e. The highest BCUT2D eigenvalue weighted by atomic mass is 35.5. The van der Waals surface area contributed by atoms with Gasteiger partial charge in [-0.15, -0.1) is 0 Å². The third-order valence-corrected chi connectivity index (χ3v) is 2.22. The molecule has 0 aliphatic heterocycles. The number of nitrogens with zero attached hydrogens (tertiary/aromatic N) is 3. The summed E-state index contributed by atoms with van der Waals surface area (Å²) in [6.07, 6.45) is 1.66. The molecule has 0 aliphatic rings.